The molecule has 2 N–H and O–H groups in total. The number of phenolic OH excluding ortho intramolecular Hbond substituents is 1. The van der Waals surface area contributed by atoms with E-state index in [2.05, 4.69) is 59.6 Å². The summed E-state index contributed by atoms with van der Waals surface area (Å²) in [6.45, 7) is 1.93. The number of aliphatic hydroxyl groups excluding tert-OH is 1. The van der Waals surface area contributed by atoms with Crippen LogP contribution in [0.4, 0.5) is 0 Å². The number of fused-ring (bicyclic) bond motifs is 1. The van der Waals surface area contributed by atoms with Crippen molar-refractivity contribution in [2.75, 3.05) is 6.61 Å². The Kier molecular flexibility index (Phi) is 4.46. The molecule has 0 amide bonds. The molecule has 6 rings (SSSR count). The lowest BCUT2D eigenvalue weighted by Crippen LogP contribution is -1.89. The number of para-hydroxylation sites is 1. The van der Waals surface area contributed by atoms with Crippen LogP contribution >= 0.6 is 0 Å². The van der Waals surface area contributed by atoms with E-state index in [4.69, 9.17) is 5.11 Å². The van der Waals surface area contributed by atoms with Crippen LogP contribution < -0.4 is 0 Å². The molecule has 146 valence electrons. The highest BCUT2D eigenvalue weighted by molar-refractivity contribution is 6.26. The van der Waals surface area contributed by atoms with E-state index in [-0.39, 0.29) is 12.4 Å². The zero-order valence-corrected chi connectivity index (χ0v) is 16.6. The van der Waals surface area contributed by atoms with Crippen LogP contribution in [0.3, 0.4) is 0 Å². The molecule has 0 saturated heterocycles. The van der Waals surface area contributed by atoms with E-state index in [1.807, 2.05) is 18.2 Å². The average Bonchev–Trinajstić information content (AvgIpc) is 2.78. The summed E-state index contributed by atoms with van der Waals surface area (Å²) in [4.78, 5) is 4.38. The minimum atomic E-state index is 0.215. The SMILES string of the molecule is CCO.Oc1cccc2c(-c3ccc4ccc5cccc6ccc3c4c56)ccnc12. The summed E-state index contributed by atoms with van der Waals surface area (Å²) in [6.07, 6.45) is 1.77. The van der Waals surface area contributed by atoms with E-state index in [9.17, 15) is 5.11 Å². The molecule has 0 atom stereocenters. The summed E-state index contributed by atoms with van der Waals surface area (Å²) < 4.78 is 0. The maximum absolute atomic E-state index is 10.2. The van der Waals surface area contributed by atoms with Crippen molar-refractivity contribution in [3.05, 3.63) is 85.1 Å². The van der Waals surface area contributed by atoms with Gasteiger partial charge in [0, 0.05) is 18.2 Å². The zero-order valence-electron chi connectivity index (χ0n) is 16.6. The van der Waals surface area contributed by atoms with Crippen molar-refractivity contribution < 1.29 is 10.2 Å². The van der Waals surface area contributed by atoms with Gasteiger partial charge in [-0.25, -0.2) is 0 Å². The van der Waals surface area contributed by atoms with E-state index < -0.39 is 0 Å². The molecule has 30 heavy (non-hydrogen) atoms. The van der Waals surface area contributed by atoms with Gasteiger partial charge < -0.3 is 10.2 Å². The number of nitrogens with zero attached hydrogens (tertiary/aromatic N) is 1. The molecule has 0 aliphatic rings. The zero-order chi connectivity index (χ0) is 20.7. The second kappa shape index (κ2) is 7.29. The third-order valence-corrected chi connectivity index (χ3v) is 5.57. The van der Waals surface area contributed by atoms with Crippen molar-refractivity contribution in [1.29, 1.82) is 0 Å². The number of hydrogen-bond donors (Lipinski definition) is 2. The first kappa shape index (κ1) is 18.3. The van der Waals surface area contributed by atoms with E-state index in [1.165, 1.54) is 37.9 Å². The molecule has 3 heteroatoms. The molecule has 0 spiro atoms. The molecule has 0 unspecified atom stereocenters. The second-order valence-corrected chi connectivity index (χ2v) is 7.32. The fourth-order valence-corrected chi connectivity index (χ4v) is 4.37. The van der Waals surface area contributed by atoms with Crippen LogP contribution in [0.2, 0.25) is 0 Å². The Bertz CT molecular complexity index is 1490. The van der Waals surface area contributed by atoms with Gasteiger partial charge in [-0.3, -0.25) is 4.98 Å². The van der Waals surface area contributed by atoms with Crippen LogP contribution in [0.5, 0.6) is 5.75 Å². The summed E-state index contributed by atoms with van der Waals surface area (Å²) in [5, 5.41) is 26.4. The van der Waals surface area contributed by atoms with Crippen molar-refractivity contribution in [1.82, 2.24) is 4.98 Å². The van der Waals surface area contributed by atoms with Crippen LogP contribution in [0.15, 0.2) is 85.1 Å². The molecule has 1 heterocycles. The lowest BCUT2D eigenvalue weighted by Gasteiger charge is -2.15. The Morgan fingerprint density at radius 3 is 2.03 bits per heavy atom. The largest absolute Gasteiger partial charge is 0.506 e. The Morgan fingerprint density at radius 1 is 0.667 bits per heavy atom. The smallest absolute Gasteiger partial charge is 0.141 e. The van der Waals surface area contributed by atoms with Crippen LogP contribution in [-0.4, -0.2) is 21.8 Å². The molecule has 6 aromatic rings. The van der Waals surface area contributed by atoms with Gasteiger partial charge in [-0.15, -0.1) is 0 Å². The number of benzene rings is 5. The van der Waals surface area contributed by atoms with E-state index in [0.29, 0.717) is 5.52 Å². The van der Waals surface area contributed by atoms with Crippen LogP contribution in [0.25, 0.3) is 54.3 Å². The standard InChI is InChI=1S/C25H15NO.C2H6O/c27-22-6-2-5-21-19(13-14-26-25(21)22)18-11-9-17-8-7-15-3-1-4-16-10-12-20(18)24(17)23(15)16;1-2-3/h1-14,27H;3H,2H2,1H3. The number of aliphatic hydroxyl groups is 1. The van der Waals surface area contributed by atoms with Gasteiger partial charge in [0.05, 0.1) is 0 Å². The molecule has 0 aliphatic carbocycles. The topological polar surface area (TPSA) is 53.4 Å². The molecular weight excluding hydrogens is 370 g/mol. The molecule has 0 fully saturated rings. The number of phenols is 1. The Morgan fingerprint density at radius 2 is 1.27 bits per heavy atom. The molecule has 1 aromatic heterocycles. The lowest BCUT2D eigenvalue weighted by molar-refractivity contribution is 0.318. The van der Waals surface area contributed by atoms with Crippen molar-refractivity contribution in [3.63, 3.8) is 0 Å². The monoisotopic (exact) mass is 391 g/mol. The minimum absolute atomic E-state index is 0.215. The third-order valence-electron chi connectivity index (χ3n) is 5.57. The van der Waals surface area contributed by atoms with Gasteiger partial charge >= 0.3 is 0 Å². The van der Waals surface area contributed by atoms with E-state index in [0.717, 1.165) is 10.9 Å². The van der Waals surface area contributed by atoms with Crippen molar-refractivity contribution in [3.8, 4) is 16.9 Å². The van der Waals surface area contributed by atoms with E-state index in [1.54, 1.807) is 19.2 Å². The van der Waals surface area contributed by atoms with Crippen LogP contribution in [0, 0.1) is 0 Å². The molecular formula is C27H21NO2. The number of aromatic nitrogens is 1. The molecule has 0 bridgehead atoms. The Labute approximate surface area is 174 Å². The van der Waals surface area contributed by atoms with Crippen molar-refractivity contribution in [2.45, 2.75) is 6.92 Å². The molecule has 0 aliphatic heterocycles. The first-order valence-electron chi connectivity index (χ1n) is 10.1. The van der Waals surface area contributed by atoms with Gasteiger partial charge in [-0.05, 0) is 62.5 Å². The van der Waals surface area contributed by atoms with Gasteiger partial charge in [0.2, 0.25) is 0 Å². The van der Waals surface area contributed by atoms with Crippen LogP contribution in [0.1, 0.15) is 6.92 Å². The molecule has 3 nitrogen and oxygen atoms in total. The summed E-state index contributed by atoms with van der Waals surface area (Å²) >= 11 is 0. The van der Waals surface area contributed by atoms with Gasteiger partial charge in [0.25, 0.3) is 0 Å². The van der Waals surface area contributed by atoms with Crippen LogP contribution in [-0.2, 0) is 0 Å². The molecule has 5 aromatic carbocycles. The maximum Gasteiger partial charge on any atom is 0.141 e. The number of hydrogen-bond acceptors (Lipinski definition) is 3. The van der Waals surface area contributed by atoms with E-state index >= 15 is 0 Å². The maximum atomic E-state index is 10.2. The number of rotatable bonds is 1. The first-order valence-corrected chi connectivity index (χ1v) is 10.1. The summed E-state index contributed by atoms with van der Waals surface area (Å²) in [5.74, 6) is 0.215. The third kappa shape index (κ3) is 2.75. The highest BCUT2D eigenvalue weighted by Gasteiger charge is 2.14. The first-order chi connectivity index (χ1) is 14.7. The quantitative estimate of drug-likeness (QED) is 0.314. The molecule has 0 radical (unpaired) electrons. The van der Waals surface area contributed by atoms with Crippen molar-refractivity contribution >= 4 is 43.2 Å². The van der Waals surface area contributed by atoms with Gasteiger partial charge in [0.1, 0.15) is 11.3 Å². The predicted molar refractivity (Wildman–Crippen MR) is 125 cm³/mol. The average molecular weight is 391 g/mol. The normalized spacial score (nSPS) is 11.3. The summed E-state index contributed by atoms with van der Waals surface area (Å²) in [7, 11) is 0. The van der Waals surface area contributed by atoms with Gasteiger partial charge in [0.15, 0.2) is 0 Å². The Hall–Kier alpha value is -3.69. The van der Waals surface area contributed by atoms with Gasteiger partial charge in [-0.1, -0.05) is 66.7 Å². The number of pyridine rings is 1. The molecule has 0 saturated carbocycles. The highest BCUT2D eigenvalue weighted by atomic mass is 16.3. The summed E-state index contributed by atoms with van der Waals surface area (Å²) in [6, 6.07) is 27.3. The van der Waals surface area contributed by atoms with Gasteiger partial charge in [-0.2, -0.15) is 0 Å². The fraction of sp³-hybridized carbons (Fsp3) is 0.0741. The highest BCUT2D eigenvalue weighted by Crippen LogP contribution is 2.41. The number of aromatic hydroxyl groups is 1. The fourth-order valence-electron chi connectivity index (χ4n) is 4.37. The summed E-state index contributed by atoms with van der Waals surface area (Å²) in [5.41, 5.74) is 2.90. The Balaban J connectivity index is 0.000000609. The van der Waals surface area contributed by atoms with Crippen molar-refractivity contribution in [2.24, 2.45) is 0 Å². The minimum Gasteiger partial charge on any atom is -0.506 e. The predicted octanol–water partition coefficient (Wildman–Crippen LogP) is 6.50. The second-order valence-electron chi connectivity index (χ2n) is 7.32. The lowest BCUT2D eigenvalue weighted by atomic mass is 9.89.